The molecule has 1 N–H and O–H groups in total. The first-order valence-electron chi connectivity index (χ1n) is 7.60. The Bertz CT molecular complexity index is 576. The van der Waals surface area contributed by atoms with Crippen molar-refractivity contribution in [2.45, 2.75) is 58.0 Å². The Balaban J connectivity index is 2.07. The van der Waals surface area contributed by atoms with Crippen LogP contribution in [0.4, 0.5) is 0 Å². The highest BCUT2D eigenvalue weighted by atomic mass is 32.1. The van der Waals surface area contributed by atoms with E-state index in [1.54, 1.807) is 11.3 Å². The molecular formula is C16H21NO3S. The fourth-order valence-corrected chi connectivity index (χ4v) is 4.43. The number of amides is 1. The lowest BCUT2D eigenvalue weighted by Gasteiger charge is -2.34. The summed E-state index contributed by atoms with van der Waals surface area (Å²) < 4.78 is 0. The number of likely N-dealkylation sites (tertiary alicyclic amines) is 1. The van der Waals surface area contributed by atoms with Crippen molar-refractivity contribution in [3.8, 4) is 0 Å². The van der Waals surface area contributed by atoms with Crippen LogP contribution in [0.15, 0.2) is 6.07 Å². The fourth-order valence-electron chi connectivity index (χ4n) is 3.46. The number of carbonyl (C=O) groups is 2. The predicted molar refractivity (Wildman–Crippen MR) is 81.4 cm³/mol. The zero-order valence-corrected chi connectivity index (χ0v) is 13.3. The van der Waals surface area contributed by atoms with E-state index in [-0.39, 0.29) is 18.0 Å². The second kappa shape index (κ2) is 5.44. The Morgan fingerprint density at radius 3 is 2.57 bits per heavy atom. The highest BCUT2D eigenvalue weighted by Crippen LogP contribution is 2.44. The van der Waals surface area contributed by atoms with Crippen LogP contribution >= 0.6 is 11.3 Å². The average molecular weight is 307 g/mol. The van der Waals surface area contributed by atoms with Gasteiger partial charge in [-0.25, -0.2) is 0 Å². The van der Waals surface area contributed by atoms with Crippen molar-refractivity contribution in [3.63, 3.8) is 0 Å². The normalized spacial score (nSPS) is 26.8. The molecule has 1 aromatic heterocycles. The minimum Gasteiger partial charge on any atom is -0.481 e. The smallest absolute Gasteiger partial charge is 0.308 e. The number of nitrogens with zero attached hydrogens (tertiary/aromatic N) is 1. The van der Waals surface area contributed by atoms with Crippen LogP contribution in [0.3, 0.4) is 0 Å². The van der Waals surface area contributed by atoms with Gasteiger partial charge < -0.3 is 10.0 Å². The zero-order valence-electron chi connectivity index (χ0n) is 12.5. The lowest BCUT2D eigenvalue weighted by Crippen LogP contribution is -2.40. The Morgan fingerprint density at radius 1 is 1.33 bits per heavy atom. The summed E-state index contributed by atoms with van der Waals surface area (Å²) in [5, 5.41) is 9.66. The number of hydrogen-bond acceptors (Lipinski definition) is 3. The molecule has 21 heavy (non-hydrogen) atoms. The highest BCUT2D eigenvalue weighted by molar-refractivity contribution is 7.12. The van der Waals surface area contributed by atoms with Crippen LogP contribution in [0.5, 0.6) is 0 Å². The molecule has 1 aliphatic heterocycles. The summed E-state index contributed by atoms with van der Waals surface area (Å²) in [6, 6.07) is 2.05. The molecule has 0 spiro atoms. The quantitative estimate of drug-likeness (QED) is 0.932. The van der Waals surface area contributed by atoms with E-state index in [9.17, 15) is 14.7 Å². The van der Waals surface area contributed by atoms with Gasteiger partial charge in [-0.2, -0.15) is 0 Å². The Kier molecular flexibility index (Phi) is 3.78. The van der Waals surface area contributed by atoms with Gasteiger partial charge in [0.15, 0.2) is 0 Å². The average Bonchev–Trinajstić information content (AvgIpc) is 3.18. The van der Waals surface area contributed by atoms with Gasteiger partial charge in [-0.3, -0.25) is 9.59 Å². The topological polar surface area (TPSA) is 57.6 Å². The van der Waals surface area contributed by atoms with Crippen molar-refractivity contribution in [1.82, 2.24) is 4.90 Å². The number of thiophene rings is 1. The summed E-state index contributed by atoms with van der Waals surface area (Å²) in [7, 11) is 0. The van der Waals surface area contributed by atoms with Crippen LogP contribution < -0.4 is 0 Å². The first kappa shape index (κ1) is 14.6. The molecule has 2 aliphatic rings. The largest absolute Gasteiger partial charge is 0.481 e. The molecule has 2 atom stereocenters. The molecule has 4 nitrogen and oxygen atoms in total. The van der Waals surface area contributed by atoms with Crippen LogP contribution in [0.25, 0.3) is 0 Å². The van der Waals surface area contributed by atoms with E-state index in [1.165, 1.54) is 4.88 Å². The van der Waals surface area contributed by atoms with Gasteiger partial charge in [0.1, 0.15) is 0 Å². The summed E-state index contributed by atoms with van der Waals surface area (Å²) in [6.45, 7) is 4.07. The number of hydrogen-bond donors (Lipinski definition) is 1. The lowest BCUT2D eigenvalue weighted by atomic mass is 9.89. The molecule has 0 bridgehead atoms. The first-order valence-corrected chi connectivity index (χ1v) is 8.41. The summed E-state index contributed by atoms with van der Waals surface area (Å²) in [6.07, 6.45) is 3.77. The molecule has 3 rings (SSSR count). The third-order valence-corrected chi connectivity index (χ3v) is 5.51. The molecule has 1 saturated carbocycles. The molecule has 5 heteroatoms. The summed E-state index contributed by atoms with van der Waals surface area (Å²) in [4.78, 5) is 28.5. The first-order chi connectivity index (χ1) is 9.99. The summed E-state index contributed by atoms with van der Waals surface area (Å²) in [5.41, 5.74) is 1.05. The van der Waals surface area contributed by atoms with E-state index in [4.69, 9.17) is 0 Å². The SMILES string of the molecule is Cc1cc(C2C(C(=O)O)CCCC(=O)N2C2CC2)c(C)s1. The Hall–Kier alpha value is -1.36. The van der Waals surface area contributed by atoms with Crippen LogP contribution in [0, 0.1) is 19.8 Å². The molecule has 114 valence electrons. The third kappa shape index (κ3) is 2.71. The van der Waals surface area contributed by atoms with Crippen molar-refractivity contribution < 1.29 is 14.7 Å². The Labute approximate surface area is 128 Å². The van der Waals surface area contributed by atoms with Crippen LogP contribution in [-0.4, -0.2) is 27.9 Å². The number of rotatable bonds is 3. The standard InChI is InChI=1S/C16H21NO3S/c1-9-8-13(10(2)21-9)15-12(16(19)20)4-3-5-14(18)17(15)11-6-7-11/h8,11-12,15H,3-7H2,1-2H3,(H,19,20). The van der Waals surface area contributed by atoms with E-state index in [0.29, 0.717) is 19.3 Å². The second-order valence-corrected chi connectivity index (χ2v) is 7.64. The maximum atomic E-state index is 12.5. The van der Waals surface area contributed by atoms with Gasteiger partial charge in [0, 0.05) is 22.2 Å². The van der Waals surface area contributed by atoms with Gasteiger partial charge in [-0.1, -0.05) is 0 Å². The monoisotopic (exact) mass is 307 g/mol. The van der Waals surface area contributed by atoms with Crippen molar-refractivity contribution in [1.29, 1.82) is 0 Å². The minimum atomic E-state index is -0.774. The number of carboxylic acid groups (broad SMARTS) is 1. The van der Waals surface area contributed by atoms with Gasteiger partial charge >= 0.3 is 5.97 Å². The number of aliphatic carboxylic acids is 1. The lowest BCUT2D eigenvalue weighted by molar-refractivity contribution is -0.146. The number of carboxylic acids is 1. The summed E-state index contributed by atoms with van der Waals surface area (Å²) >= 11 is 1.69. The van der Waals surface area contributed by atoms with Crippen LogP contribution in [0.2, 0.25) is 0 Å². The van der Waals surface area contributed by atoms with Crippen LogP contribution in [0.1, 0.15) is 53.5 Å². The number of aryl methyl sites for hydroxylation is 2. The molecule has 2 unspecified atom stereocenters. The van der Waals surface area contributed by atoms with Crippen molar-refractivity contribution >= 4 is 23.2 Å². The third-order valence-electron chi connectivity index (χ3n) is 4.53. The Morgan fingerprint density at radius 2 is 2.05 bits per heavy atom. The van der Waals surface area contributed by atoms with Crippen molar-refractivity contribution in [2.75, 3.05) is 0 Å². The van der Waals surface area contributed by atoms with Gasteiger partial charge in [0.05, 0.1) is 12.0 Å². The van der Waals surface area contributed by atoms with E-state index in [2.05, 4.69) is 6.07 Å². The van der Waals surface area contributed by atoms with Crippen molar-refractivity contribution in [3.05, 3.63) is 21.4 Å². The minimum absolute atomic E-state index is 0.134. The van der Waals surface area contributed by atoms with Crippen LogP contribution in [-0.2, 0) is 9.59 Å². The molecule has 0 aromatic carbocycles. The van der Waals surface area contributed by atoms with E-state index in [0.717, 1.165) is 23.3 Å². The van der Waals surface area contributed by atoms with Gasteiger partial charge in [-0.15, -0.1) is 11.3 Å². The van der Waals surface area contributed by atoms with Gasteiger partial charge in [0.2, 0.25) is 5.91 Å². The van der Waals surface area contributed by atoms with E-state index >= 15 is 0 Å². The molecule has 1 saturated heterocycles. The maximum Gasteiger partial charge on any atom is 0.308 e. The molecule has 2 fully saturated rings. The highest BCUT2D eigenvalue weighted by Gasteiger charge is 2.45. The zero-order chi connectivity index (χ0) is 15.1. The van der Waals surface area contributed by atoms with Gasteiger partial charge in [0.25, 0.3) is 0 Å². The predicted octanol–water partition coefficient (Wildman–Crippen LogP) is 3.28. The fraction of sp³-hybridized carbons (Fsp3) is 0.625. The van der Waals surface area contributed by atoms with E-state index < -0.39 is 11.9 Å². The molecule has 0 radical (unpaired) electrons. The van der Waals surface area contributed by atoms with Gasteiger partial charge in [-0.05, 0) is 51.2 Å². The molecular weight excluding hydrogens is 286 g/mol. The maximum absolute atomic E-state index is 12.5. The molecule has 1 aromatic rings. The number of carbonyl (C=O) groups excluding carboxylic acids is 1. The summed E-state index contributed by atoms with van der Waals surface area (Å²) in [5.74, 6) is -1.12. The van der Waals surface area contributed by atoms with E-state index in [1.807, 2.05) is 18.7 Å². The second-order valence-electron chi connectivity index (χ2n) is 6.18. The molecule has 1 aliphatic carbocycles. The molecule has 2 heterocycles. The molecule has 1 amide bonds. The van der Waals surface area contributed by atoms with Crippen molar-refractivity contribution in [2.24, 2.45) is 5.92 Å².